The second-order valence-corrected chi connectivity index (χ2v) is 6.69. The first kappa shape index (κ1) is 19.2. The molecule has 1 fully saturated rings. The number of nitrogens with zero attached hydrogens (tertiary/aromatic N) is 3. The van der Waals surface area contributed by atoms with Crippen molar-refractivity contribution < 1.29 is 9.13 Å². The predicted molar refractivity (Wildman–Crippen MR) is 106 cm³/mol. The van der Waals surface area contributed by atoms with Crippen molar-refractivity contribution in [2.75, 3.05) is 32.1 Å². The van der Waals surface area contributed by atoms with Gasteiger partial charge in [0, 0.05) is 38.9 Å². The van der Waals surface area contributed by atoms with Gasteiger partial charge in [-0.05, 0) is 36.2 Å². The van der Waals surface area contributed by atoms with Gasteiger partial charge in [0.1, 0.15) is 5.82 Å². The fourth-order valence-electron chi connectivity index (χ4n) is 3.07. The van der Waals surface area contributed by atoms with E-state index in [-0.39, 0.29) is 17.6 Å². The Balaban J connectivity index is 1.54. The molecule has 144 valence electrons. The van der Waals surface area contributed by atoms with Crippen LogP contribution in [0.25, 0.3) is 0 Å². The number of nitrogens with one attached hydrogen (secondary N) is 2. The zero-order valence-corrected chi connectivity index (χ0v) is 16.1. The van der Waals surface area contributed by atoms with Crippen molar-refractivity contribution >= 4 is 23.4 Å². The van der Waals surface area contributed by atoms with Gasteiger partial charge in [-0.25, -0.2) is 9.37 Å². The lowest BCUT2D eigenvalue weighted by Gasteiger charge is -2.20. The molecule has 2 heterocycles. The normalized spacial score (nSPS) is 17.1. The Bertz CT molecular complexity index is 816. The second kappa shape index (κ2) is 8.90. The summed E-state index contributed by atoms with van der Waals surface area (Å²) in [5.41, 5.74) is 0.810. The van der Waals surface area contributed by atoms with E-state index in [1.54, 1.807) is 19.3 Å². The molecule has 1 aliphatic rings. The molecule has 1 aliphatic heterocycles. The highest BCUT2D eigenvalue weighted by Crippen LogP contribution is 2.25. The van der Waals surface area contributed by atoms with Crippen LogP contribution in [0.1, 0.15) is 12.0 Å². The standard InChI is InChI=1S/C19H23ClFN5O/c1-22-19(24-11-13-5-6-17(27-2)16(21)10-13)25-14-7-9-26(12-14)18-15(20)4-3-8-23-18/h3-6,8,10,14H,7,9,11-12H2,1-2H3,(H2,22,24,25). The van der Waals surface area contributed by atoms with Crippen molar-refractivity contribution in [2.24, 2.45) is 4.99 Å². The fourth-order valence-corrected chi connectivity index (χ4v) is 3.32. The Morgan fingerprint density at radius 2 is 2.30 bits per heavy atom. The molecule has 1 atom stereocenters. The number of rotatable bonds is 5. The van der Waals surface area contributed by atoms with Crippen LogP contribution in [-0.2, 0) is 6.54 Å². The molecule has 1 saturated heterocycles. The summed E-state index contributed by atoms with van der Waals surface area (Å²) in [4.78, 5) is 10.8. The van der Waals surface area contributed by atoms with Crippen LogP contribution < -0.4 is 20.3 Å². The molecule has 0 radical (unpaired) electrons. The molecule has 1 aromatic carbocycles. The number of pyridine rings is 1. The molecular formula is C19H23ClFN5O. The number of hydrogen-bond donors (Lipinski definition) is 2. The SMILES string of the molecule is CN=C(NCc1ccc(OC)c(F)c1)NC1CCN(c2ncccc2Cl)C1. The van der Waals surface area contributed by atoms with Crippen molar-refractivity contribution in [3.63, 3.8) is 0 Å². The number of anilines is 1. The van der Waals surface area contributed by atoms with Crippen molar-refractivity contribution in [3.05, 3.63) is 52.9 Å². The van der Waals surface area contributed by atoms with E-state index < -0.39 is 0 Å². The molecule has 0 amide bonds. The highest BCUT2D eigenvalue weighted by atomic mass is 35.5. The van der Waals surface area contributed by atoms with Crippen molar-refractivity contribution in [1.29, 1.82) is 0 Å². The summed E-state index contributed by atoms with van der Waals surface area (Å²) in [5.74, 6) is 1.34. The third kappa shape index (κ3) is 4.80. The summed E-state index contributed by atoms with van der Waals surface area (Å²) in [7, 11) is 3.16. The molecule has 6 nitrogen and oxygen atoms in total. The van der Waals surface area contributed by atoms with Gasteiger partial charge < -0.3 is 20.3 Å². The van der Waals surface area contributed by atoms with E-state index in [1.807, 2.05) is 18.2 Å². The molecule has 1 unspecified atom stereocenters. The lowest BCUT2D eigenvalue weighted by atomic mass is 10.2. The first-order chi connectivity index (χ1) is 13.1. The highest BCUT2D eigenvalue weighted by Gasteiger charge is 2.25. The Morgan fingerprint density at radius 1 is 1.44 bits per heavy atom. The average Bonchev–Trinajstić information content (AvgIpc) is 3.14. The number of aromatic nitrogens is 1. The molecule has 0 bridgehead atoms. The zero-order valence-electron chi connectivity index (χ0n) is 15.4. The summed E-state index contributed by atoms with van der Waals surface area (Å²) in [6.45, 7) is 2.12. The molecule has 8 heteroatoms. The molecule has 2 aromatic rings. The number of benzene rings is 1. The van der Waals surface area contributed by atoms with Crippen molar-refractivity contribution in [1.82, 2.24) is 15.6 Å². The van der Waals surface area contributed by atoms with Gasteiger partial charge in [-0.1, -0.05) is 17.7 Å². The van der Waals surface area contributed by atoms with Crippen LogP contribution in [0.3, 0.4) is 0 Å². The predicted octanol–water partition coefficient (Wildman–Crippen LogP) is 2.83. The number of ether oxygens (including phenoxy) is 1. The number of halogens is 2. The zero-order chi connectivity index (χ0) is 19.2. The third-order valence-corrected chi connectivity index (χ3v) is 4.76. The van der Waals surface area contributed by atoms with E-state index in [0.29, 0.717) is 17.5 Å². The molecule has 2 N–H and O–H groups in total. The molecule has 0 spiro atoms. The molecule has 27 heavy (non-hydrogen) atoms. The topological polar surface area (TPSA) is 61.8 Å². The highest BCUT2D eigenvalue weighted by molar-refractivity contribution is 6.32. The molecular weight excluding hydrogens is 369 g/mol. The summed E-state index contributed by atoms with van der Waals surface area (Å²) >= 11 is 6.24. The Morgan fingerprint density at radius 3 is 3.00 bits per heavy atom. The number of hydrogen-bond acceptors (Lipinski definition) is 4. The lowest BCUT2D eigenvalue weighted by Crippen LogP contribution is -2.44. The molecule has 0 aliphatic carbocycles. The van der Waals surface area contributed by atoms with Gasteiger partial charge in [0.15, 0.2) is 17.5 Å². The van der Waals surface area contributed by atoms with Crippen LogP contribution in [0.15, 0.2) is 41.5 Å². The quantitative estimate of drug-likeness (QED) is 0.606. The van der Waals surface area contributed by atoms with E-state index in [0.717, 1.165) is 30.9 Å². The van der Waals surface area contributed by atoms with Gasteiger partial charge in [0.2, 0.25) is 0 Å². The Labute approximate surface area is 163 Å². The number of methoxy groups -OCH3 is 1. The molecule has 3 rings (SSSR count). The van der Waals surface area contributed by atoms with Crippen molar-refractivity contribution in [2.45, 2.75) is 19.0 Å². The van der Waals surface area contributed by atoms with Gasteiger partial charge in [-0.15, -0.1) is 0 Å². The number of aliphatic imine (C=N–C) groups is 1. The largest absolute Gasteiger partial charge is 0.494 e. The first-order valence-electron chi connectivity index (χ1n) is 8.75. The van der Waals surface area contributed by atoms with Gasteiger partial charge in [0.05, 0.1) is 12.1 Å². The maximum absolute atomic E-state index is 13.8. The van der Waals surface area contributed by atoms with Gasteiger partial charge in [-0.3, -0.25) is 4.99 Å². The second-order valence-electron chi connectivity index (χ2n) is 6.28. The summed E-state index contributed by atoms with van der Waals surface area (Å²) in [5, 5.41) is 7.27. The van der Waals surface area contributed by atoms with Crippen LogP contribution in [0, 0.1) is 5.82 Å². The monoisotopic (exact) mass is 391 g/mol. The van der Waals surface area contributed by atoms with Crippen LogP contribution in [0.4, 0.5) is 10.2 Å². The Hall–Kier alpha value is -2.54. The van der Waals surface area contributed by atoms with E-state index >= 15 is 0 Å². The molecule has 0 saturated carbocycles. The fraction of sp³-hybridized carbons (Fsp3) is 0.368. The smallest absolute Gasteiger partial charge is 0.191 e. The van der Waals surface area contributed by atoms with Gasteiger partial charge >= 0.3 is 0 Å². The van der Waals surface area contributed by atoms with Crippen LogP contribution in [0.5, 0.6) is 5.75 Å². The van der Waals surface area contributed by atoms with E-state index in [1.165, 1.54) is 13.2 Å². The van der Waals surface area contributed by atoms with E-state index in [9.17, 15) is 4.39 Å². The van der Waals surface area contributed by atoms with Crippen molar-refractivity contribution in [3.8, 4) is 5.75 Å². The van der Waals surface area contributed by atoms with Crippen LogP contribution >= 0.6 is 11.6 Å². The third-order valence-electron chi connectivity index (χ3n) is 4.47. The maximum atomic E-state index is 13.8. The van der Waals surface area contributed by atoms with Gasteiger partial charge in [-0.2, -0.15) is 0 Å². The van der Waals surface area contributed by atoms with Gasteiger partial charge in [0.25, 0.3) is 0 Å². The van der Waals surface area contributed by atoms with Crippen LogP contribution in [-0.4, -0.2) is 44.2 Å². The van der Waals surface area contributed by atoms with Crippen LogP contribution in [0.2, 0.25) is 5.02 Å². The van der Waals surface area contributed by atoms with E-state index in [4.69, 9.17) is 16.3 Å². The first-order valence-corrected chi connectivity index (χ1v) is 9.13. The minimum atomic E-state index is -0.376. The number of guanidine groups is 1. The lowest BCUT2D eigenvalue weighted by molar-refractivity contribution is 0.386. The summed E-state index contributed by atoms with van der Waals surface area (Å²) in [6, 6.07) is 8.79. The Kier molecular flexibility index (Phi) is 6.34. The summed E-state index contributed by atoms with van der Waals surface area (Å²) < 4.78 is 18.7. The van der Waals surface area contributed by atoms with E-state index in [2.05, 4.69) is 25.5 Å². The minimum absolute atomic E-state index is 0.224. The molecule has 1 aromatic heterocycles. The summed E-state index contributed by atoms with van der Waals surface area (Å²) in [6.07, 6.45) is 2.70. The average molecular weight is 392 g/mol. The maximum Gasteiger partial charge on any atom is 0.191 e. The minimum Gasteiger partial charge on any atom is -0.494 e.